The number of likely N-dealkylation sites (tertiary alicyclic amines) is 1. The fourth-order valence-electron chi connectivity index (χ4n) is 6.39. The number of piperidine rings is 1. The van der Waals surface area contributed by atoms with Crippen molar-refractivity contribution in [3.8, 4) is 17.3 Å². The Hall–Kier alpha value is -3.64. The maximum atomic E-state index is 13.6. The summed E-state index contributed by atoms with van der Waals surface area (Å²) < 4.78 is 36.8. The van der Waals surface area contributed by atoms with Crippen LogP contribution >= 0.6 is 0 Å². The number of ether oxygens (including phenoxy) is 1. The Kier molecular flexibility index (Phi) is 6.69. The summed E-state index contributed by atoms with van der Waals surface area (Å²) in [6.45, 7) is 4.11. The lowest BCUT2D eigenvalue weighted by molar-refractivity contribution is 0.0672. The van der Waals surface area contributed by atoms with E-state index in [2.05, 4.69) is 17.6 Å². The molecule has 1 amide bonds. The van der Waals surface area contributed by atoms with Crippen LogP contribution in [0.4, 0.5) is 5.82 Å². The van der Waals surface area contributed by atoms with E-state index < -0.39 is 10.0 Å². The number of benzene rings is 1. The molecule has 3 aliphatic rings. The summed E-state index contributed by atoms with van der Waals surface area (Å²) in [4.78, 5) is 25.4. The number of hydrogen-bond acceptors (Lipinski definition) is 7. The topological polar surface area (TPSA) is 129 Å². The van der Waals surface area contributed by atoms with Crippen molar-refractivity contribution >= 4 is 43.8 Å². The van der Waals surface area contributed by atoms with Gasteiger partial charge in [0.1, 0.15) is 22.7 Å². The van der Waals surface area contributed by atoms with Crippen molar-refractivity contribution in [3.05, 3.63) is 35.9 Å². The molecule has 2 saturated carbocycles. The molecule has 4 heterocycles. The van der Waals surface area contributed by atoms with Crippen LogP contribution in [0.25, 0.3) is 33.6 Å². The van der Waals surface area contributed by atoms with E-state index in [0.29, 0.717) is 47.6 Å². The summed E-state index contributed by atoms with van der Waals surface area (Å²) in [6.07, 6.45) is 6.12. The predicted octanol–water partition coefficient (Wildman–Crippen LogP) is 3.75. The van der Waals surface area contributed by atoms with E-state index in [1.54, 1.807) is 19.2 Å². The molecule has 0 unspecified atom stereocenters. The van der Waals surface area contributed by atoms with Crippen molar-refractivity contribution in [1.82, 2.24) is 24.0 Å². The molecule has 2 aliphatic carbocycles. The zero-order chi connectivity index (χ0) is 30.2. The van der Waals surface area contributed by atoms with Gasteiger partial charge in [-0.25, -0.2) is 18.4 Å². The van der Waals surface area contributed by atoms with E-state index in [1.807, 2.05) is 28.6 Å². The van der Waals surface area contributed by atoms with Gasteiger partial charge in [-0.2, -0.15) is 0 Å². The Morgan fingerprint density at radius 1 is 1.12 bits per heavy atom. The predicted molar refractivity (Wildman–Crippen MR) is 167 cm³/mol. The van der Waals surface area contributed by atoms with Crippen LogP contribution in [0.5, 0.6) is 5.75 Å². The van der Waals surface area contributed by atoms with Crippen molar-refractivity contribution in [2.24, 2.45) is 24.6 Å². The number of pyridine rings is 1. The number of methoxy groups -OCH3 is 1. The average Bonchev–Trinajstić information content (AvgIpc) is 3.90. The Morgan fingerprint density at radius 3 is 2.53 bits per heavy atom. The van der Waals surface area contributed by atoms with E-state index in [-0.39, 0.29) is 18.0 Å². The molecule has 4 aromatic rings. The van der Waals surface area contributed by atoms with Crippen LogP contribution in [-0.4, -0.2) is 76.9 Å². The number of sulfonamides is 1. The van der Waals surface area contributed by atoms with Gasteiger partial charge >= 0.3 is 0 Å². The molecule has 3 fully saturated rings. The Labute approximate surface area is 251 Å². The molecule has 1 aliphatic heterocycles. The molecule has 7 rings (SSSR count). The minimum atomic E-state index is -3.46. The average molecular weight is 606 g/mol. The van der Waals surface area contributed by atoms with E-state index in [1.165, 1.54) is 10.6 Å². The number of nitrogens with zero attached hydrogens (tertiary/aromatic N) is 6. The van der Waals surface area contributed by atoms with Gasteiger partial charge in [0.25, 0.3) is 5.91 Å². The summed E-state index contributed by atoms with van der Waals surface area (Å²) >= 11 is 0. The number of imidazole rings is 1. The van der Waals surface area contributed by atoms with Crippen molar-refractivity contribution in [2.75, 3.05) is 30.8 Å². The van der Waals surface area contributed by atoms with Crippen molar-refractivity contribution in [2.45, 2.75) is 57.7 Å². The highest BCUT2D eigenvalue weighted by atomic mass is 32.2. The van der Waals surface area contributed by atoms with Gasteiger partial charge < -0.3 is 24.5 Å². The first-order valence-electron chi connectivity index (χ1n) is 15.1. The normalized spacial score (nSPS) is 21.1. The zero-order valence-electron chi connectivity index (χ0n) is 25.2. The first-order chi connectivity index (χ1) is 20.5. The summed E-state index contributed by atoms with van der Waals surface area (Å²) in [6, 6.07) is 9.40. The first kappa shape index (κ1) is 28.1. The molecule has 11 nitrogen and oxygen atoms in total. The molecule has 228 valence electrons. The number of aryl methyl sites for hydroxylation is 1. The molecule has 1 aromatic carbocycles. The third-order valence-corrected chi connectivity index (χ3v) is 10.5. The van der Waals surface area contributed by atoms with Gasteiger partial charge in [0.2, 0.25) is 10.0 Å². The van der Waals surface area contributed by atoms with Crippen molar-refractivity contribution < 1.29 is 17.9 Å². The standard InChI is InChI=1S/C31H39N7O4S/c1-18-11-12-36(17-23(18)32)31(39)21-13-24-28(26(15-21)42-3)35(2)30(33-24)25-14-20-7-10-27(38(22-8-9-22)43(4,40)41)34-29(20)37(25)16-19-5-6-19/h7,10,13-15,18-19,22-23H,5-6,8-9,11-12,16-17,32H2,1-4H3/t18-,23+/m1/s1. The highest BCUT2D eigenvalue weighted by molar-refractivity contribution is 7.92. The summed E-state index contributed by atoms with van der Waals surface area (Å²) in [7, 11) is 0.107. The number of hydrogen-bond donors (Lipinski definition) is 1. The van der Waals surface area contributed by atoms with Gasteiger partial charge in [0.15, 0.2) is 5.82 Å². The van der Waals surface area contributed by atoms with Crippen LogP contribution in [0.15, 0.2) is 30.3 Å². The van der Waals surface area contributed by atoms with E-state index >= 15 is 0 Å². The van der Waals surface area contributed by atoms with Crippen LogP contribution in [-0.2, 0) is 23.6 Å². The minimum absolute atomic E-state index is 0.0282. The van der Waals surface area contributed by atoms with Crippen LogP contribution < -0.4 is 14.8 Å². The molecule has 43 heavy (non-hydrogen) atoms. The smallest absolute Gasteiger partial charge is 0.254 e. The summed E-state index contributed by atoms with van der Waals surface area (Å²) in [5.41, 5.74) is 9.94. The number of fused-ring (bicyclic) bond motifs is 2. The lowest BCUT2D eigenvalue weighted by Crippen LogP contribution is -2.49. The Bertz CT molecular complexity index is 1850. The molecule has 2 N–H and O–H groups in total. The fourth-order valence-corrected chi connectivity index (χ4v) is 7.58. The highest BCUT2D eigenvalue weighted by Gasteiger charge is 2.37. The van der Waals surface area contributed by atoms with Crippen LogP contribution in [0.3, 0.4) is 0 Å². The van der Waals surface area contributed by atoms with E-state index in [0.717, 1.165) is 66.7 Å². The number of anilines is 1. The quantitative estimate of drug-likeness (QED) is 0.324. The zero-order valence-corrected chi connectivity index (χ0v) is 26.0. The van der Waals surface area contributed by atoms with Crippen LogP contribution in [0, 0.1) is 11.8 Å². The third-order valence-electron chi connectivity index (χ3n) is 9.26. The van der Waals surface area contributed by atoms with Gasteiger partial charge in [0, 0.05) is 49.7 Å². The molecule has 0 spiro atoms. The van der Waals surface area contributed by atoms with E-state index in [4.69, 9.17) is 20.4 Å². The second-order valence-electron chi connectivity index (χ2n) is 12.7. The molecule has 0 radical (unpaired) electrons. The second-order valence-corrected chi connectivity index (χ2v) is 14.5. The Balaban J connectivity index is 1.33. The number of carbonyl (C=O) groups excluding carboxylic acids is 1. The van der Waals surface area contributed by atoms with Crippen LogP contribution in [0.1, 0.15) is 49.4 Å². The number of carbonyl (C=O) groups is 1. The molecule has 12 heteroatoms. The second kappa shape index (κ2) is 10.2. The van der Waals surface area contributed by atoms with E-state index in [9.17, 15) is 13.2 Å². The molecule has 0 bridgehead atoms. The fraction of sp³-hybridized carbons (Fsp3) is 0.516. The molecule has 1 saturated heterocycles. The number of rotatable bonds is 8. The summed E-state index contributed by atoms with van der Waals surface area (Å²) in [5.74, 6) is 2.63. The third kappa shape index (κ3) is 5.04. The lowest BCUT2D eigenvalue weighted by Gasteiger charge is -2.35. The number of amides is 1. The SMILES string of the molecule is COc1cc(C(=O)N2CC[C@@H](C)[C@@H](N)C2)cc2nc(-c3cc4ccc(N(C5CC5)S(C)(=O)=O)nc4n3CC3CC3)n(C)c12. The largest absolute Gasteiger partial charge is 0.494 e. The van der Waals surface area contributed by atoms with Gasteiger partial charge in [-0.15, -0.1) is 0 Å². The summed E-state index contributed by atoms with van der Waals surface area (Å²) in [5, 5.41) is 0.925. The molecule has 3 aromatic heterocycles. The lowest BCUT2D eigenvalue weighted by atomic mass is 9.94. The minimum Gasteiger partial charge on any atom is -0.494 e. The van der Waals surface area contributed by atoms with Crippen molar-refractivity contribution in [1.29, 1.82) is 0 Å². The first-order valence-corrected chi connectivity index (χ1v) is 17.0. The maximum absolute atomic E-state index is 13.6. The molecular weight excluding hydrogens is 566 g/mol. The Morgan fingerprint density at radius 2 is 1.88 bits per heavy atom. The molecule has 2 atom stereocenters. The monoisotopic (exact) mass is 605 g/mol. The van der Waals surface area contributed by atoms with Gasteiger partial charge in [-0.3, -0.25) is 9.10 Å². The van der Waals surface area contributed by atoms with Gasteiger partial charge in [0.05, 0.1) is 24.6 Å². The van der Waals surface area contributed by atoms with Crippen molar-refractivity contribution in [3.63, 3.8) is 0 Å². The van der Waals surface area contributed by atoms with Gasteiger partial charge in [-0.05, 0) is 74.3 Å². The number of nitrogens with two attached hydrogens (primary N) is 1. The van der Waals surface area contributed by atoms with Crippen LogP contribution in [0.2, 0.25) is 0 Å². The number of aromatic nitrogens is 4. The molecular formula is C31H39N7O4S. The highest BCUT2D eigenvalue weighted by Crippen LogP contribution is 2.39. The maximum Gasteiger partial charge on any atom is 0.254 e. The van der Waals surface area contributed by atoms with Gasteiger partial charge in [-0.1, -0.05) is 6.92 Å².